The molecule has 2 aromatic rings. The molecule has 6 N–H and O–H groups in total. The van der Waals surface area contributed by atoms with Gasteiger partial charge in [0.1, 0.15) is 24.4 Å². The predicted octanol–water partition coefficient (Wildman–Crippen LogP) is 0.498. The lowest BCUT2D eigenvalue weighted by Crippen LogP contribution is -2.63. The molecule has 1 unspecified atom stereocenters. The Morgan fingerprint density at radius 1 is 0.909 bits per heavy atom. The Morgan fingerprint density at radius 2 is 1.59 bits per heavy atom. The SMILES string of the molecule is CC1OC[C@H]2O[C@@H](O[C@@H]3c4cc5c(cc4[C@@H](c4cc(O)c(OP(=O)(O)O)c(O)c4)[C@H]4C(=O)OC[C@@H]43)OCO5)[C@H](O)[C@H](O)[C@H]2O1. The smallest absolute Gasteiger partial charge is 0.504 e. The Hall–Kier alpha value is -3.18. The molecule has 238 valence electrons. The molecule has 1 aliphatic carbocycles. The summed E-state index contributed by atoms with van der Waals surface area (Å²) in [6, 6.07) is 5.54. The van der Waals surface area contributed by atoms with Crippen molar-refractivity contribution in [1.82, 2.24) is 0 Å². The normalized spacial score (nSPS) is 35.8. The highest BCUT2D eigenvalue weighted by Crippen LogP contribution is 2.57. The number of hydrogen-bond donors (Lipinski definition) is 6. The lowest BCUT2D eigenvalue weighted by Gasteiger charge is -2.47. The van der Waals surface area contributed by atoms with Gasteiger partial charge < -0.3 is 58.1 Å². The maximum absolute atomic E-state index is 13.3. The second kappa shape index (κ2) is 10.7. The van der Waals surface area contributed by atoms with Crippen LogP contribution in [0.2, 0.25) is 0 Å². The largest absolute Gasteiger partial charge is 0.525 e. The molecule has 10 atom stereocenters. The van der Waals surface area contributed by atoms with Crippen molar-refractivity contribution in [1.29, 1.82) is 0 Å². The van der Waals surface area contributed by atoms with Gasteiger partial charge in [0.2, 0.25) is 12.5 Å². The summed E-state index contributed by atoms with van der Waals surface area (Å²) in [5.41, 5.74) is 1.15. The highest BCUT2D eigenvalue weighted by molar-refractivity contribution is 7.46. The van der Waals surface area contributed by atoms with Crippen LogP contribution in [-0.2, 0) is 33.0 Å². The number of rotatable bonds is 5. The fourth-order valence-electron chi connectivity index (χ4n) is 6.65. The number of aliphatic hydroxyl groups is 2. The third-order valence-corrected chi connectivity index (χ3v) is 8.95. The molecule has 2 aromatic carbocycles. The summed E-state index contributed by atoms with van der Waals surface area (Å²) in [6.45, 7) is 1.57. The molecular formula is C27H29O16P. The van der Waals surface area contributed by atoms with Crippen molar-refractivity contribution in [3.63, 3.8) is 0 Å². The second-order valence-electron chi connectivity index (χ2n) is 11.2. The third-order valence-electron chi connectivity index (χ3n) is 8.53. The van der Waals surface area contributed by atoms with Crippen LogP contribution in [-0.4, -0.2) is 93.2 Å². The molecule has 16 nitrogen and oxygen atoms in total. The summed E-state index contributed by atoms with van der Waals surface area (Å²) in [6.07, 6.45) is -7.41. The Balaban J connectivity index is 1.30. The number of esters is 1. The molecule has 0 spiro atoms. The van der Waals surface area contributed by atoms with Gasteiger partial charge in [-0.1, -0.05) is 0 Å². The summed E-state index contributed by atoms with van der Waals surface area (Å²) in [5, 5.41) is 43.1. The number of phenolic OH excluding ortho intramolecular Hbond substituents is 2. The van der Waals surface area contributed by atoms with Gasteiger partial charge in [-0.15, -0.1) is 0 Å². The highest BCUT2D eigenvalue weighted by Gasteiger charge is 2.56. The van der Waals surface area contributed by atoms with E-state index in [9.17, 15) is 39.6 Å². The number of phosphoric acid groups is 1. The van der Waals surface area contributed by atoms with Gasteiger partial charge in [-0.25, -0.2) is 4.57 Å². The molecule has 0 amide bonds. The first kappa shape index (κ1) is 29.5. The van der Waals surface area contributed by atoms with E-state index >= 15 is 0 Å². The summed E-state index contributed by atoms with van der Waals surface area (Å²) in [5.74, 6) is -4.80. The molecule has 4 aliphatic heterocycles. The molecule has 4 heterocycles. The van der Waals surface area contributed by atoms with Gasteiger partial charge in [0.05, 0.1) is 25.2 Å². The number of aliphatic hydroxyl groups excluding tert-OH is 2. The number of aromatic hydroxyl groups is 2. The van der Waals surface area contributed by atoms with Gasteiger partial charge in [-0.05, 0) is 47.9 Å². The number of hydrogen-bond acceptors (Lipinski definition) is 14. The van der Waals surface area contributed by atoms with E-state index in [1.807, 2.05) is 0 Å². The molecule has 17 heteroatoms. The van der Waals surface area contributed by atoms with Crippen LogP contribution >= 0.6 is 7.82 Å². The van der Waals surface area contributed by atoms with E-state index < -0.39 is 91.9 Å². The molecule has 0 radical (unpaired) electrons. The van der Waals surface area contributed by atoms with Crippen LogP contribution in [0.1, 0.15) is 35.6 Å². The van der Waals surface area contributed by atoms with E-state index in [1.165, 1.54) is 0 Å². The lowest BCUT2D eigenvalue weighted by molar-refractivity contribution is -0.364. The maximum atomic E-state index is 13.3. The van der Waals surface area contributed by atoms with Crippen LogP contribution in [0.25, 0.3) is 0 Å². The standard InChI is InChI=1S/C27H29O16P/c1-9-36-7-18-25(40-9)21(30)22(31)27(41-18)42-23-12-5-17-16(38-8-39-17)4-11(12)19(20-13(23)6-37-26(20)32)10-2-14(28)24(15(29)3-10)43-44(33,34)35/h2-5,9,13,18-23,25,27-31H,6-8H2,1H3,(H2,33,34,35)/t9?,13-,18+,19+,20-,21-,22+,23+,25-,27-/m0/s1. The molecule has 0 saturated carbocycles. The Labute approximate surface area is 248 Å². The minimum Gasteiger partial charge on any atom is -0.504 e. The zero-order valence-corrected chi connectivity index (χ0v) is 23.8. The number of benzene rings is 2. The molecule has 7 rings (SSSR count). The molecule has 3 fully saturated rings. The topological polar surface area (TPSA) is 229 Å². The number of carbonyl (C=O) groups is 1. The first-order chi connectivity index (χ1) is 20.9. The monoisotopic (exact) mass is 640 g/mol. The minimum absolute atomic E-state index is 0.0720. The molecule has 44 heavy (non-hydrogen) atoms. The van der Waals surface area contributed by atoms with E-state index in [0.717, 1.165) is 12.1 Å². The van der Waals surface area contributed by atoms with Gasteiger partial charge >= 0.3 is 13.8 Å². The van der Waals surface area contributed by atoms with Crippen molar-refractivity contribution in [3.05, 3.63) is 41.0 Å². The molecular weight excluding hydrogens is 611 g/mol. The third kappa shape index (κ3) is 4.96. The number of phenols is 2. The summed E-state index contributed by atoms with van der Waals surface area (Å²) in [4.78, 5) is 31.7. The van der Waals surface area contributed by atoms with E-state index in [2.05, 4.69) is 4.52 Å². The lowest BCUT2D eigenvalue weighted by atomic mass is 9.66. The average molecular weight is 640 g/mol. The number of phosphoric ester groups is 1. The van der Waals surface area contributed by atoms with Gasteiger partial charge in [-0.2, -0.15) is 0 Å². The first-order valence-electron chi connectivity index (χ1n) is 13.7. The fourth-order valence-corrected chi connectivity index (χ4v) is 7.08. The van der Waals surface area contributed by atoms with Crippen molar-refractivity contribution < 1.29 is 77.3 Å². The number of ether oxygens (including phenoxy) is 7. The van der Waals surface area contributed by atoms with Crippen LogP contribution in [0.3, 0.4) is 0 Å². The van der Waals surface area contributed by atoms with Crippen LogP contribution in [0.15, 0.2) is 24.3 Å². The first-order valence-corrected chi connectivity index (χ1v) is 15.3. The second-order valence-corrected chi connectivity index (χ2v) is 12.3. The van der Waals surface area contributed by atoms with Gasteiger partial charge in [0, 0.05) is 11.8 Å². The van der Waals surface area contributed by atoms with E-state index in [1.54, 1.807) is 19.1 Å². The van der Waals surface area contributed by atoms with Crippen molar-refractivity contribution in [2.24, 2.45) is 11.8 Å². The number of cyclic esters (lactones) is 1. The predicted molar refractivity (Wildman–Crippen MR) is 140 cm³/mol. The molecule has 0 bridgehead atoms. The molecule has 0 aromatic heterocycles. The summed E-state index contributed by atoms with van der Waals surface area (Å²) >= 11 is 0. The highest BCUT2D eigenvalue weighted by atomic mass is 31.2. The molecule has 3 saturated heterocycles. The van der Waals surface area contributed by atoms with Gasteiger partial charge in [-0.3, -0.25) is 14.6 Å². The van der Waals surface area contributed by atoms with Gasteiger partial charge in [0.25, 0.3) is 0 Å². The van der Waals surface area contributed by atoms with Crippen LogP contribution < -0.4 is 14.0 Å². The summed E-state index contributed by atoms with van der Waals surface area (Å²) < 4.78 is 56.0. The Bertz CT molecular complexity index is 1500. The Kier molecular flexibility index (Phi) is 7.19. The zero-order valence-electron chi connectivity index (χ0n) is 22.9. The van der Waals surface area contributed by atoms with Crippen molar-refractivity contribution in [3.8, 4) is 28.7 Å². The van der Waals surface area contributed by atoms with Crippen molar-refractivity contribution in [2.45, 2.75) is 55.9 Å². The fraction of sp³-hybridized carbons (Fsp3) is 0.519. The number of carbonyl (C=O) groups excluding carboxylic acids is 1. The van der Waals surface area contributed by atoms with E-state index in [0.29, 0.717) is 22.6 Å². The van der Waals surface area contributed by atoms with Gasteiger partial charge in [0.15, 0.2) is 35.6 Å². The van der Waals surface area contributed by atoms with Crippen molar-refractivity contribution >= 4 is 13.8 Å². The minimum atomic E-state index is -5.13. The zero-order chi connectivity index (χ0) is 31.1. The number of fused-ring (bicyclic) bond motifs is 4. The molecule has 5 aliphatic rings. The quantitative estimate of drug-likeness (QED) is 0.193. The maximum Gasteiger partial charge on any atom is 0.525 e. The van der Waals surface area contributed by atoms with Crippen LogP contribution in [0.5, 0.6) is 28.7 Å². The van der Waals surface area contributed by atoms with Crippen molar-refractivity contribution in [2.75, 3.05) is 20.0 Å². The Morgan fingerprint density at radius 3 is 2.27 bits per heavy atom. The van der Waals surface area contributed by atoms with Crippen LogP contribution in [0, 0.1) is 11.8 Å². The summed E-state index contributed by atoms with van der Waals surface area (Å²) in [7, 11) is -5.13. The average Bonchev–Trinajstić information content (AvgIpc) is 3.58. The van der Waals surface area contributed by atoms with E-state index in [-0.39, 0.29) is 25.6 Å². The van der Waals surface area contributed by atoms with Crippen LogP contribution in [0.4, 0.5) is 0 Å². The van der Waals surface area contributed by atoms with E-state index in [4.69, 9.17) is 33.2 Å².